The molecular weight excluding hydrogens is 382 g/mol. The lowest BCUT2D eigenvalue weighted by molar-refractivity contribution is -0.118. The van der Waals surface area contributed by atoms with E-state index in [2.05, 4.69) is 21.2 Å². The van der Waals surface area contributed by atoms with Gasteiger partial charge in [-0.3, -0.25) is 4.79 Å². The average molecular weight is 398 g/mol. The van der Waals surface area contributed by atoms with Crippen molar-refractivity contribution in [3.63, 3.8) is 0 Å². The molecule has 0 bridgehead atoms. The number of carbonyl (C=O) groups is 1. The number of ether oxygens (including phenoxy) is 1. The predicted molar refractivity (Wildman–Crippen MR) is 92.6 cm³/mol. The Labute approximate surface area is 143 Å². The molecule has 0 aliphatic heterocycles. The van der Waals surface area contributed by atoms with Crippen LogP contribution >= 0.6 is 15.9 Å². The number of benzene rings is 2. The predicted octanol–water partition coefficient (Wildman–Crippen LogP) is 3.18. The molecule has 0 heterocycles. The number of nitrogens with one attached hydrogen (secondary N) is 1. The van der Waals surface area contributed by atoms with Gasteiger partial charge in [0.2, 0.25) is 0 Å². The van der Waals surface area contributed by atoms with E-state index >= 15 is 0 Å². The van der Waals surface area contributed by atoms with Gasteiger partial charge in [-0.2, -0.15) is 0 Å². The first-order valence-electron chi connectivity index (χ1n) is 6.74. The topological polar surface area (TPSA) is 72.5 Å². The maximum Gasteiger partial charge on any atom is 0.262 e. The Bertz CT molecular complexity index is 834. The molecule has 122 valence electrons. The van der Waals surface area contributed by atoms with E-state index in [1.807, 2.05) is 19.1 Å². The van der Waals surface area contributed by atoms with Crippen LogP contribution in [-0.2, 0) is 14.6 Å². The summed E-state index contributed by atoms with van der Waals surface area (Å²) < 4.78 is 29.3. The van der Waals surface area contributed by atoms with Crippen LogP contribution in [0.1, 0.15) is 5.56 Å². The molecule has 0 aliphatic carbocycles. The number of hydrogen-bond donors (Lipinski definition) is 1. The van der Waals surface area contributed by atoms with E-state index in [4.69, 9.17) is 4.74 Å². The molecule has 5 nitrogen and oxygen atoms in total. The summed E-state index contributed by atoms with van der Waals surface area (Å²) in [6, 6.07) is 11.6. The lowest BCUT2D eigenvalue weighted by Crippen LogP contribution is -2.20. The molecule has 23 heavy (non-hydrogen) atoms. The van der Waals surface area contributed by atoms with Crippen LogP contribution in [0.25, 0.3) is 0 Å². The Morgan fingerprint density at radius 2 is 1.96 bits per heavy atom. The van der Waals surface area contributed by atoms with Crippen LogP contribution in [-0.4, -0.2) is 27.2 Å². The Balaban J connectivity index is 1.99. The van der Waals surface area contributed by atoms with Crippen molar-refractivity contribution in [1.29, 1.82) is 0 Å². The van der Waals surface area contributed by atoms with Crippen LogP contribution in [0.15, 0.2) is 51.8 Å². The lowest BCUT2D eigenvalue weighted by Gasteiger charge is -2.10. The number of sulfone groups is 1. The second kappa shape index (κ2) is 7.14. The van der Waals surface area contributed by atoms with Crippen LogP contribution in [0.4, 0.5) is 5.69 Å². The summed E-state index contributed by atoms with van der Waals surface area (Å²) in [5.74, 6) is 0.00999. The highest BCUT2D eigenvalue weighted by atomic mass is 79.9. The van der Waals surface area contributed by atoms with E-state index < -0.39 is 9.84 Å². The SMILES string of the molecule is Cc1cc(Br)ccc1NC(=O)COc1cccc(S(C)(=O)=O)c1. The minimum atomic E-state index is -3.31. The Hall–Kier alpha value is -1.86. The highest BCUT2D eigenvalue weighted by Crippen LogP contribution is 2.20. The average Bonchev–Trinajstić information content (AvgIpc) is 2.47. The highest BCUT2D eigenvalue weighted by molar-refractivity contribution is 9.10. The monoisotopic (exact) mass is 397 g/mol. The first-order chi connectivity index (χ1) is 10.8. The van der Waals surface area contributed by atoms with Gasteiger partial charge in [0, 0.05) is 16.4 Å². The van der Waals surface area contributed by atoms with Gasteiger partial charge >= 0.3 is 0 Å². The second-order valence-electron chi connectivity index (χ2n) is 5.04. The molecule has 0 atom stereocenters. The zero-order chi connectivity index (χ0) is 17.0. The van der Waals surface area contributed by atoms with Gasteiger partial charge in [0.15, 0.2) is 16.4 Å². The first-order valence-corrected chi connectivity index (χ1v) is 9.43. The van der Waals surface area contributed by atoms with E-state index in [1.54, 1.807) is 18.2 Å². The van der Waals surface area contributed by atoms with E-state index in [1.165, 1.54) is 12.1 Å². The number of aryl methyl sites for hydroxylation is 1. The van der Waals surface area contributed by atoms with Crippen molar-refractivity contribution in [3.8, 4) is 5.75 Å². The maximum absolute atomic E-state index is 11.9. The second-order valence-corrected chi connectivity index (χ2v) is 7.97. The zero-order valence-electron chi connectivity index (χ0n) is 12.7. The fraction of sp³-hybridized carbons (Fsp3) is 0.188. The van der Waals surface area contributed by atoms with E-state index in [0.29, 0.717) is 11.4 Å². The first kappa shape index (κ1) is 17.5. The van der Waals surface area contributed by atoms with Gasteiger partial charge in [0.25, 0.3) is 5.91 Å². The van der Waals surface area contributed by atoms with Crippen LogP contribution in [0.2, 0.25) is 0 Å². The van der Waals surface area contributed by atoms with Crippen molar-refractivity contribution in [2.75, 3.05) is 18.2 Å². The van der Waals surface area contributed by atoms with Gasteiger partial charge in [0.05, 0.1) is 4.90 Å². The molecule has 2 aromatic rings. The third-order valence-electron chi connectivity index (χ3n) is 3.07. The summed E-state index contributed by atoms with van der Waals surface area (Å²) in [5.41, 5.74) is 1.62. The fourth-order valence-electron chi connectivity index (χ4n) is 1.90. The third kappa shape index (κ3) is 5.07. The van der Waals surface area contributed by atoms with Crippen LogP contribution in [0.3, 0.4) is 0 Å². The third-order valence-corrected chi connectivity index (χ3v) is 4.67. The summed E-state index contributed by atoms with van der Waals surface area (Å²) in [6.07, 6.45) is 1.12. The fourth-order valence-corrected chi connectivity index (χ4v) is 3.03. The molecule has 0 spiro atoms. The largest absolute Gasteiger partial charge is 0.484 e. The normalized spacial score (nSPS) is 11.1. The molecule has 0 aliphatic rings. The molecule has 0 saturated heterocycles. The van der Waals surface area contributed by atoms with Gasteiger partial charge in [-0.25, -0.2) is 8.42 Å². The molecule has 0 fully saturated rings. The Morgan fingerprint density at radius 1 is 1.22 bits per heavy atom. The number of hydrogen-bond acceptors (Lipinski definition) is 4. The summed E-state index contributed by atoms with van der Waals surface area (Å²) in [7, 11) is -3.31. The molecule has 0 aromatic heterocycles. The van der Waals surface area contributed by atoms with Crippen LogP contribution < -0.4 is 10.1 Å². The Morgan fingerprint density at radius 3 is 2.61 bits per heavy atom. The number of amides is 1. The van der Waals surface area contributed by atoms with Gasteiger partial charge < -0.3 is 10.1 Å². The molecule has 1 N–H and O–H groups in total. The van der Waals surface area contributed by atoms with Crippen molar-refractivity contribution >= 4 is 37.4 Å². The molecular formula is C16H16BrNO4S. The van der Waals surface area contributed by atoms with Crippen LogP contribution in [0.5, 0.6) is 5.75 Å². The Kier molecular flexibility index (Phi) is 5.43. The van der Waals surface area contributed by atoms with Gasteiger partial charge in [0.1, 0.15) is 5.75 Å². The van der Waals surface area contributed by atoms with Crippen LogP contribution in [0, 0.1) is 6.92 Å². The molecule has 1 amide bonds. The van der Waals surface area contributed by atoms with E-state index in [-0.39, 0.29) is 17.4 Å². The molecule has 0 saturated carbocycles. The van der Waals surface area contributed by atoms with Crippen molar-refractivity contribution in [3.05, 3.63) is 52.5 Å². The maximum atomic E-state index is 11.9. The summed E-state index contributed by atoms with van der Waals surface area (Å²) in [4.78, 5) is 12.1. The summed E-state index contributed by atoms with van der Waals surface area (Å²) in [5, 5.41) is 2.75. The molecule has 2 aromatic carbocycles. The van der Waals surface area contributed by atoms with Gasteiger partial charge in [-0.05, 0) is 48.9 Å². The van der Waals surface area contributed by atoms with Crippen molar-refractivity contribution in [1.82, 2.24) is 0 Å². The molecule has 0 radical (unpaired) electrons. The van der Waals surface area contributed by atoms with Crippen molar-refractivity contribution in [2.45, 2.75) is 11.8 Å². The number of carbonyl (C=O) groups excluding carboxylic acids is 1. The molecule has 2 rings (SSSR count). The van der Waals surface area contributed by atoms with Crippen molar-refractivity contribution < 1.29 is 17.9 Å². The van der Waals surface area contributed by atoms with Gasteiger partial charge in [-0.1, -0.05) is 22.0 Å². The number of halogens is 1. The van der Waals surface area contributed by atoms with E-state index in [0.717, 1.165) is 16.3 Å². The van der Waals surface area contributed by atoms with Gasteiger partial charge in [-0.15, -0.1) is 0 Å². The van der Waals surface area contributed by atoms with Crippen molar-refractivity contribution in [2.24, 2.45) is 0 Å². The number of anilines is 1. The summed E-state index contributed by atoms with van der Waals surface area (Å²) in [6.45, 7) is 1.68. The highest BCUT2D eigenvalue weighted by Gasteiger charge is 2.10. The summed E-state index contributed by atoms with van der Waals surface area (Å²) >= 11 is 3.36. The minimum absolute atomic E-state index is 0.152. The molecule has 7 heteroatoms. The molecule has 0 unspecified atom stereocenters. The van der Waals surface area contributed by atoms with E-state index in [9.17, 15) is 13.2 Å². The number of rotatable bonds is 5. The zero-order valence-corrected chi connectivity index (χ0v) is 15.1. The quantitative estimate of drug-likeness (QED) is 0.840. The smallest absolute Gasteiger partial charge is 0.262 e. The minimum Gasteiger partial charge on any atom is -0.484 e. The lowest BCUT2D eigenvalue weighted by atomic mass is 10.2. The standard InChI is InChI=1S/C16H16BrNO4S/c1-11-8-12(17)6-7-15(11)18-16(19)10-22-13-4-3-5-14(9-13)23(2,20)21/h3-9H,10H2,1-2H3,(H,18,19).